The molecule has 0 saturated heterocycles. The van der Waals surface area contributed by atoms with Crippen LogP contribution in [0.1, 0.15) is 40.0 Å². The Morgan fingerprint density at radius 1 is 1.26 bits per heavy atom. The number of ether oxygens (including phenoxy) is 2. The highest BCUT2D eigenvalue weighted by molar-refractivity contribution is 5.70. The predicted molar refractivity (Wildman–Crippen MR) is 72.4 cm³/mol. The molecule has 1 rings (SSSR count). The van der Waals surface area contributed by atoms with Crippen LogP contribution in [-0.4, -0.2) is 25.2 Å². The van der Waals surface area contributed by atoms with Crippen molar-refractivity contribution in [1.82, 2.24) is 0 Å². The van der Waals surface area contributed by atoms with Gasteiger partial charge in [0.05, 0.1) is 13.0 Å². The minimum absolute atomic E-state index is 0.222. The molecule has 0 aliphatic heterocycles. The standard InChI is InChI=1S/C15H22O4/c1-12(16)19-11-15(2,3)9-14(17)18-10-13-7-5-4-6-8-13/h5,7-8H,4,6,9-11H2,1-3H3. The minimum atomic E-state index is -0.403. The van der Waals surface area contributed by atoms with E-state index in [0.29, 0.717) is 6.61 Å². The van der Waals surface area contributed by atoms with Crippen LogP contribution in [0, 0.1) is 5.41 Å². The maximum Gasteiger partial charge on any atom is 0.306 e. The molecule has 0 radical (unpaired) electrons. The first-order chi connectivity index (χ1) is 8.89. The minimum Gasteiger partial charge on any atom is -0.465 e. The van der Waals surface area contributed by atoms with Gasteiger partial charge in [-0.1, -0.05) is 32.1 Å². The smallest absolute Gasteiger partial charge is 0.306 e. The number of hydrogen-bond acceptors (Lipinski definition) is 4. The van der Waals surface area contributed by atoms with Crippen molar-refractivity contribution < 1.29 is 19.1 Å². The van der Waals surface area contributed by atoms with Gasteiger partial charge < -0.3 is 9.47 Å². The average Bonchev–Trinajstić information content (AvgIpc) is 2.35. The molecule has 0 bridgehead atoms. The van der Waals surface area contributed by atoms with Gasteiger partial charge in [0.25, 0.3) is 0 Å². The van der Waals surface area contributed by atoms with E-state index in [-0.39, 0.29) is 25.0 Å². The molecule has 0 N–H and O–H groups in total. The summed E-state index contributed by atoms with van der Waals surface area (Å²) >= 11 is 0. The third-order valence-electron chi connectivity index (χ3n) is 2.76. The number of carbonyl (C=O) groups is 2. The quantitative estimate of drug-likeness (QED) is 0.694. The summed E-state index contributed by atoms with van der Waals surface area (Å²) in [5.74, 6) is -0.601. The molecular formula is C15H22O4. The zero-order valence-corrected chi connectivity index (χ0v) is 11.9. The van der Waals surface area contributed by atoms with Crippen molar-refractivity contribution in [3.05, 3.63) is 23.8 Å². The van der Waals surface area contributed by atoms with Gasteiger partial charge in [-0.15, -0.1) is 0 Å². The van der Waals surface area contributed by atoms with E-state index in [0.717, 1.165) is 18.4 Å². The summed E-state index contributed by atoms with van der Waals surface area (Å²) in [6, 6.07) is 0. The number of hydrogen-bond donors (Lipinski definition) is 0. The Labute approximate surface area is 114 Å². The molecule has 4 nitrogen and oxygen atoms in total. The van der Waals surface area contributed by atoms with Crippen LogP contribution in [0.25, 0.3) is 0 Å². The molecule has 0 amide bonds. The first-order valence-electron chi connectivity index (χ1n) is 6.54. The summed E-state index contributed by atoms with van der Waals surface area (Å²) < 4.78 is 10.2. The third kappa shape index (κ3) is 6.79. The van der Waals surface area contributed by atoms with Crippen LogP contribution in [0.4, 0.5) is 0 Å². The Morgan fingerprint density at radius 2 is 2.00 bits per heavy atom. The molecule has 0 fully saturated rings. The first-order valence-corrected chi connectivity index (χ1v) is 6.54. The lowest BCUT2D eigenvalue weighted by Gasteiger charge is -2.22. The summed E-state index contributed by atoms with van der Waals surface area (Å²) in [4.78, 5) is 22.5. The fourth-order valence-electron chi connectivity index (χ4n) is 1.73. The van der Waals surface area contributed by atoms with E-state index >= 15 is 0 Å². The SMILES string of the molecule is CC(=O)OCC(C)(C)CC(=O)OCC1=CCCC=C1. The van der Waals surface area contributed by atoms with E-state index in [2.05, 4.69) is 12.2 Å². The van der Waals surface area contributed by atoms with Crippen molar-refractivity contribution in [2.24, 2.45) is 5.41 Å². The van der Waals surface area contributed by atoms with E-state index in [9.17, 15) is 9.59 Å². The van der Waals surface area contributed by atoms with E-state index in [1.807, 2.05) is 19.9 Å². The van der Waals surface area contributed by atoms with Crippen molar-refractivity contribution >= 4 is 11.9 Å². The van der Waals surface area contributed by atoms with Gasteiger partial charge in [0.2, 0.25) is 0 Å². The average molecular weight is 266 g/mol. The van der Waals surface area contributed by atoms with Gasteiger partial charge in [-0.25, -0.2) is 0 Å². The fraction of sp³-hybridized carbons (Fsp3) is 0.600. The number of allylic oxidation sites excluding steroid dienone is 2. The van der Waals surface area contributed by atoms with E-state index in [1.165, 1.54) is 6.92 Å². The lowest BCUT2D eigenvalue weighted by molar-refractivity contribution is -0.151. The van der Waals surface area contributed by atoms with Crippen LogP contribution in [0.2, 0.25) is 0 Å². The monoisotopic (exact) mass is 266 g/mol. The molecule has 0 unspecified atom stereocenters. The second-order valence-electron chi connectivity index (χ2n) is 5.54. The molecule has 0 heterocycles. The van der Waals surface area contributed by atoms with Gasteiger partial charge in [-0.05, 0) is 18.4 Å². The Kier molecular flexibility index (Phi) is 5.80. The van der Waals surface area contributed by atoms with Crippen molar-refractivity contribution in [3.8, 4) is 0 Å². The van der Waals surface area contributed by atoms with Crippen LogP contribution in [0.15, 0.2) is 23.8 Å². The number of esters is 2. The number of carbonyl (C=O) groups excluding carboxylic acids is 2. The molecule has 1 aliphatic rings. The Morgan fingerprint density at radius 3 is 2.58 bits per heavy atom. The van der Waals surface area contributed by atoms with E-state index in [1.54, 1.807) is 0 Å². The Hall–Kier alpha value is -1.58. The lowest BCUT2D eigenvalue weighted by Crippen LogP contribution is -2.25. The van der Waals surface area contributed by atoms with E-state index in [4.69, 9.17) is 9.47 Å². The maximum absolute atomic E-state index is 11.7. The van der Waals surface area contributed by atoms with Crippen LogP contribution in [-0.2, 0) is 19.1 Å². The highest BCUT2D eigenvalue weighted by Gasteiger charge is 2.24. The predicted octanol–water partition coefficient (Wildman–Crippen LogP) is 2.79. The van der Waals surface area contributed by atoms with Gasteiger partial charge in [-0.2, -0.15) is 0 Å². The normalized spacial score (nSPS) is 14.8. The summed E-state index contributed by atoms with van der Waals surface area (Å²) in [5, 5.41) is 0. The van der Waals surface area contributed by atoms with Crippen LogP contribution in [0.3, 0.4) is 0 Å². The molecule has 19 heavy (non-hydrogen) atoms. The molecule has 0 saturated carbocycles. The second-order valence-corrected chi connectivity index (χ2v) is 5.54. The maximum atomic E-state index is 11.7. The van der Waals surface area contributed by atoms with E-state index < -0.39 is 5.41 Å². The van der Waals surface area contributed by atoms with Crippen molar-refractivity contribution in [3.63, 3.8) is 0 Å². The molecule has 1 aliphatic carbocycles. The number of rotatable bonds is 6. The van der Waals surface area contributed by atoms with Crippen LogP contribution < -0.4 is 0 Å². The summed E-state index contributed by atoms with van der Waals surface area (Å²) in [7, 11) is 0. The van der Waals surface area contributed by atoms with Crippen molar-refractivity contribution in [1.29, 1.82) is 0 Å². The van der Waals surface area contributed by atoms with Gasteiger partial charge in [-0.3, -0.25) is 9.59 Å². The summed E-state index contributed by atoms with van der Waals surface area (Å²) in [5.41, 5.74) is 0.636. The second kappa shape index (κ2) is 7.12. The topological polar surface area (TPSA) is 52.6 Å². The lowest BCUT2D eigenvalue weighted by atomic mass is 9.90. The highest BCUT2D eigenvalue weighted by Crippen LogP contribution is 2.21. The largest absolute Gasteiger partial charge is 0.465 e. The molecule has 0 aromatic rings. The van der Waals surface area contributed by atoms with Crippen molar-refractivity contribution in [2.45, 2.75) is 40.0 Å². The molecular weight excluding hydrogens is 244 g/mol. The molecule has 0 spiro atoms. The Balaban J connectivity index is 2.31. The zero-order valence-electron chi connectivity index (χ0n) is 11.9. The van der Waals surface area contributed by atoms with Crippen LogP contribution >= 0.6 is 0 Å². The molecule has 0 aromatic carbocycles. The van der Waals surface area contributed by atoms with Gasteiger partial charge in [0, 0.05) is 12.3 Å². The zero-order chi connectivity index (χ0) is 14.3. The molecule has 106 valence electrons. The Bertz CT molecular complexity index is 391. The van der Waals surface area contributed by atoms with Gasteiger partial charge >= 0.3 is 11.9 Å². The molecule has 0 aromatic heterocycles. The third-order valence-corrected chi connectivity index (χ3v) is 2.76. The van der Waals surface area contributed by atoms with Crippen molar-refractivity contribution in [2.75, 3.05) is 13.2 Å². The highest BCUT2D eigenvalue weighted by atomic mass is 16.5. The summed E-state index contributed by atoms with van der Waals surface area (Å²) in [6.45, 7) is 5.64. The fourth-order valence-corrected chi connectivity index (χ4v) is 1.73. The van der Waals surface area contributed by atoms with Gasteiger partial charge in [0.15, 0.2) is 0 Å². The summed E-state index contributed by atoms with van der Waals surface area (Å²) in [6.07, 6.45) is 8.43. The first kappa shape index (κ1) is 15.5. The molecule has 0 atom stereocenters. The van der Waals surface area contributed by atoms with Crippen LogP contribution in [0.5, 0.6) is 0 Å². The van der Waals surface area contributed by atoms with Gasteiger partial charge in [0.1, 0.15) is 6.61 Å². The molecule has 4 heteroatoms.